The van der Waals surface area contributed by atoms with Gasteiger partial charge in [0.1, 0.15) is 5.75 Å². The van der Waals surface area contributed by atoms with Crippen LogP contribution in [0.5, 0.6) is 5.75 Å². The molecular formula is C27H42N2O4S. The molecule has 34 heavy (non-hydrogen) atoms. The first kappa shape index (κ1) is 25.5. The molecule has 3 atom stereocenters. The fraction of sp³-hybridized carbons (Fsp3) is 0.741. The molecule has 3 unspecified atom stereocenters. The summed E-state index contributed by atoms with van der Waals surface area (Å²) in [4.78, 5) is 17.3. The summed E-state index contributed by atoms with van der Waals surface area (Å²) < 4.78 is 27.0. The van der Waals surface area contributed by atoms with Gasteiger partial charge in [-0.2, -0.15) is 0 Å². The lowest BCUT2D eigenvalue weighted by Crippen LogP contribution is -2.47. The predicted octanol–water partition coefficient (Wildman–Crippen LogP) is 4.46. The smallest absolute Gasteiger partial charge is 0.254 e. The minimum Gasteiger partial charge on any atom is -0.508 e. The van der Waals surface area contributed by atoms with Crippen LogP contribution in [0.2, 0.25) is 0 Å². The summed E-state index contributed by atoms with van der Waals surface area (Å²) in [5.41, 5.74) is 0.639. The van der Waals surface area contributed by atoms with Crippen LogP contribution in [0, 0.1) is 17.3 Å². The van der Waals surface area contributed by atoms with E-state index >= 15 is 0 Å². The van der Waals surface area contributed by atoms with E-state index in [0.717, 1.165) is 51.6 Å². The third-order valence-electron chi connectivity index (χ3n) is 9.40. The Morgan fingerprint density at radius 3 is 2.38 bits per heavy atom. The standard InChI is InChI=1S/C27H42N2O4S/c1-19-9-11-27(4)21(8-6-7-10-26(19,2)3)18-34(32,33)23-17-20(16-22(30)24(23)27)25(31)29-14-12-28(5)13-15-29/h16-17,19,21,30H,6-15,18H2,1-5H3. The fourth-order valence-electron chi connectivity index (χ4n) is 6.33. The molecule has 4 rings (SSSR count). The zero-order valence-electron chi connectivity index (χ0n) is 21.6. The Hall–Kier alpha value is -1.60. The van der Waals surface area contributed by atoms with Crippen LogP contribution in [0.3, 0.4) is 0 Å². The third kappa shape index (κ3) is 4.62. The highest BCUT2D eigenvalue weighted by Crippen LogP contribution is 2.53. The van der Waals surface area contributed by atoms with Crippen LogP contribution in [0.15, 0.2) is 17.0 Å². The number of hydrogen-bond donors (Lipinski definition) is 1. The third-order valence-corrected chi connectivity index (χ3v) is 11.2. The molecule has 7 heteroatoms. The van der Waals surface area contributed by atoms with Crippen molar-refractivity contribution in [3.05, 3.63) is 23.3 Å². The molecule has 190 valence electrons. The van der Waals surface area contributed by atoms with Crippen LogP contribution in [0.1, 0.15) is 82.1 Å². The van der Waals surface area contributed by atoms with Gasteiger partial charge in [0, 0.05) is 42.7 Å². The molecule has 2 fully saturated rings. The SMILES string of the molecule is CC1CCC2(C)c3c(O)cc(C(=O)N4CCN(C)CC4)cc3S(=O)(=O)CC2CCCCC1(C)C. The van der Waals surface area contributed by atoms with Crippen molar-refractivity contribution in [3.63, 3.8) is 0 Å². The fourth-order valence-corrected chi connectivity index (χ4v) is 8.53. The van der Waals surface area contributed by atoms with Crippen molar-refractivity contribution in [1.82, 2.24) is 9.80 Å². The number of fused-ring (bicyclic) bond motifs is 3. The van der Waals surface area contributed by atoms with E-state index in [9.17, 15) is 18.3 Å². The van der Waals surface area contributed by atoms with Gasteiger partial charge in [0.2, 0.25) is 0 Å². The van der Waals surface area contributed by atoms with Gasteiger partial charge in [-0.25, -0.2) is 8.42 Å². The van der Waals surface area contributed by atoms with Gasteiger partial charge in [-0.15, -0.1) is 0 Å². The van der Waals surface area contributed by atoms with Gasteiger partial charge in [0.25, 0.3) is 5.91 Å². The van der Waals surface area contributed by atoms with Crippen LogP contribution in [-0.4, -0.2) is 68.2 Å². The number of carbonyl (C=O) groups is 1. The lowest BCUT2D eigenvalue weighted by Gasteiger charge is -2.46. The second-order valence-electron chi connectivity index (χ2n) is 12.0. The molecule has 2 heterocycles. The maximum atomic E-state index is 13.5. The molecular weight excluding hydrogens is 448 g/mol. The van der Waals surface area contributed by atoms with Crippen LogP contribution >= 0.6 is 0 Å². The number of benzene rings is 1. The molecule has 1 amide bonds. The second kappa shape index (κ2) is 9.12. The number of aromatic hydroxyl groups is 1. The summed E-state index contributed by atoms with van der Waals surface area (Å²) in [6.07, 6.45) is 5.93. The minimum absolute atomic E-state index is 0.0245. The van der Waals surface area contributed by atoms with Gasteiger partial charge >= 0.3 is 0 Å². The van der Waals surface area contributed by atoms with Gasteiger partial charge in [0.15, 0.2) is 9.84 Å². The molecule has 0 aromatic heterocycles. The normalized spacial score (nSPS) is 31.9. The molecule has 0 spiro atoms. The van der Waals surface area contributed by atoms with Crippen molar-refractivity contribution in [3.8, 4) is 5.75 Å². The lowest BCUT2D eigenvalue weighted by atomic mass is 9.63. The summed E-state index contributed by atoms with van der Waals surface area (Å²) in [6, 6.07) is 3.08. The van der Waals surface area contributed by atoms with Gasteiger partial charge < -0.3 is 14.9 Å². The first-order valence-electron chi connectivity index (χ1n) is 12.9. The second-order valence-corrected chi connectivity index (χ2v) is 14.0. The summed E-state index contributed by atoms with van der Waals surface area (Å²) in [7, 11) is -1.57. The number of likely N-dealkylation sites (N-methyl/N-ethyl adjacent to an activating group) is 1. The number of phenolic OH excluding ortho intramolecular Hbond substituents is 1. The molecule has 3 aliphatic rings. The summed E-state index contributed by atoms with van der Waals surface area (Å²) in [5.74, 6) is 0.346. The van der Waals surface area contributed by atoms with E-state index in [-0.39, 0.29) is 39.2 Å². The number of phenols is 1. The number of piperazine rings is 1. The van der Waals surface area contributed by atoms with E-state index in [1.165, 1.54) is 6.07 Å². The quantitative estimate of drug-likeness (QED) is 0.629. The topological polar surface area (TPSA) is 77.9 Å². The molecule has 1 aliphatic carbocycles. The van der Waals surface area contributed by atoms with E-state index in [1.54, 1.807) is 11.0 Å². The number of amides is 1. The van der Waals surface area contributed by atoms with E-state index in [2.05, 4.69) is 32.6 Å². The maximum Gasteiger partial charge on any atom is 0.254 e. The number of rotatable bonds is 1. The van der Waals surface area contributed by atoms with Crippen LogP contribution < -0.4 is 0 Å². The van der Waals surface area contributed by atoms with E-state index in [4.69, 9.17) is 0 Å². The monoisotopic (exact) mass is 490 g/mol. The average Bonchev–Trinajstić information content (AvgIpc) is 2.77. The highest BCUT2D eigenvalue weighted by atomic mass is 32.2. The molecule has 1 aromatic rings. The van der Waals surface area contributed by atoms with Gasteiger partial charge in [-0.3, -0.25) is 4.79 Å². The highest BCUT2D eigenvalue weighted by Gasteiger charge is 2.48. The summed E-state index contributed by atoms with van der Waals surface area (Å²) in [6.45, 7) is 11.9. The summed E-state index contributed by atoms with van der Waals surface area (Å²) >= 11 is 0. The molecule has 6 nitrogen and oxygen atoms in total. The van der Waals surface area contributed by atoms with Gasteiger partial charge in [0.05, 0.1) is 10.6 Å². The molecule has 1 N–H and O–H groups in total. The Labute approximate surface area is 205 Å². The molecule has 1 saturated carbocycles. The molecule has 1 aromatic carbocycles. The molecule has 0 bridgehead atoms. The number of nitrogens with zero attached hydrogens (tertiary/aromatic N) is 2. The lowest BCUT2D eigenvalue weighted by molar-refractivity contribution is 0.0663. The predicted molar refractivity (Wildman–Crippen MR) is 135 cm³/mol. The van der Waals surface area contributed by atoms with Gasteiger partial charge in [-0.1, -0.05) is 40.5 Å². The molecule has 0 radical (unpaired) electrons. The zero-order valence-corrected chi connectivity index (χ0v) is 22.4. The van der Waals surface area contributed by atoms with Crippen LogP contribution in [0.25, 0.3) is 0 Å². The van der Waals surface area contributed by atoms with Crippen molar-refractivity contribution < 1.29 is 18.3 Å². The van der Waals surface area contributed by atoms with Crippen molar-refractivity contribution in [2.75, 3.05) is 39.0 Å². The number of hydrogen-bond acceptors (Lipinski definition) is 5. The Morgan fingerprint density at radius 1 is 1.03 bits per heavy atom. The van der Waals surface area contributed by atoms with Crippen LogP contribution in [0.4, 0.5) is 0 Å². The Balaban J connectivity index is 1.75. The van der Waals surface area contributed by atoms with E-state index in [0.29, 0.717) is 24.6 Å². The van der Waals surface area contributed by atoms with Crippen molar-refractivity contribution in [2.24, 2.45) is 17.3 Å². The van der Waals surface area contributed by atoms with E-state index < -0.39 is 15.3 Å². The van der Waals surface area contributed by atoms with Crippen molar-refractivity contribution in [1.29, 1.82) is 0 Å². The summed E-state index contributed by atoms with van der Waals surface area (Å²) in [5, 5.41) is 11.3. The number of carbonyl (C=O) groups excluding carboxylic acids is 1. The van der Waals surface area contributed by atoms with Crippen molar-refractivity contribution >= 4 is 15.7 Å². The first-order chi connectivity index (χ1) is 15.8. The first-order valence-corrected chi connectivity index (χ1v) is 14.6. The largest absolute Gasteiger partial charge is 0.508 e. The van der Waals surface area contributed by atoms with Crippen LogP contribution in [-0.2, 0) is 15.3 Å². The minimum atomic E-state index is -3.59. The Morgan fingerprint density at radius 2 is 1.71 bits per heavy atom. The highest BCUT2D eigenvalue weighted by molar-refractivity contribution is 7.91. The Kier molecular flexibility index (Phi) is 6.84. The maximum absolute atomic E-state index is 13.5. The molecule has 2 aliphatic heterocycles. The average molecular weight is 491 g/mol. The number of sulfone groups is 1. The van der Waals surface area contributed by atoms with Crippen molar-refractivity contribution in [2.45, 2.75) is 76.5 Å². The molecule has 1 saturated heterocycles. The van der Waals surface area contributed by atoms with Gasteiger partial charge in [-0.05, 0) is 62.1 Å². The Bertz CT molecular complexity index is 1040. The zero-order chi connectivity index (χ0) is 24.9. The van der Waals surface area contributed by atoms with E-state index in [1.807, 2.05) is 7.05 Å².